The van der Waals surface area contributed by atoms with Gasteiger partial charge in [0.05, 0.1) is 31.1 Å². The predicted octanol–water partition coefficient (Wildman–Crippen LogP) is 4.52. The van der Waals surface area contributed by atoms with Crippen molar-refractivity contribution in [3.05, 3.63) is 65.9 Å². The maximum atomic E-state index is 12.9. The van der Waals surface area contributed by atoms with Crippen LogP contribution in [0.4, 0.5) is 22.9 Å². The minimum atomic E-state index is -0.456. The summed E-state index contributed by atoms with van der Waals surface area (Å²) in [5.41, 5.74) is 6.65. The number of anilines is 2. The molecule has 0 atom stereocenters. The van der Waals surface area contributed by atoms with E-state index >= 15 is 0 Å². The van der Waals surface area contributed by atoms with Crippen LogP contribution in [-0.4, -0.2) is 63.7 Å². The number of carbonyl (C=O) groups is 1. The van der Waals surface area contributed by atoms with E-state index in [1.165, 1.54) is 0 Å². The smallest absolute Gasteiger partial charge is 0.357 e. The van der Waals surface area contributed by atoms with Crippen LogP contribution in [0.2, 0.25) is 0 Å². The molecule has 0 radical (unpaired) electrons. The van der Waals surface area contributed by atoms with Crippen molar-refractivity contribution in [2.45, 2.75) is 26.2 Å². The maximum absolute atomic E-state index is 12.9. The van der Waals surface area contributed by atoms with Crippen LogP contribution < -0.4 is 15.1 Å². The normalized spacial score (nSPS) is 15.5. The number of ether oxygens (including phenoxy) is 2. The number of aromatic nitrogens is 1. The van der Waals surface area contributed by atoms with Gasteiger partial charge in [-0.15, -0.1) is 0 Å². The van der Waals surface area contributed by atoms with Crippen molar-refractivity contribution in [3.63, 3.8) is 0 Å². The number of hydrogen-bond donors (Lipinski definition) is 2. The SMILES string of the molecule is CCOC(=O)c1cc(-c2ccc(N3CCOCC3)cc2)c(C(=N)C2CCC2)c([NH2+]c2ccc(N(C)C)cc2)n1. The molecule has 0 bridgehead atoms. The van der Waals surface area contributed by atoms with Crippen LogP contribution in [0.3, 0.4) is 0 Å². The van der Waals surface area contributed by atoms with Crippen LogP contribution in [-0.2, 0) is 9.47 Å². The Kier molecular flexibility index (Phi) is 8.24. The molecule has 0 amide bonds. The van der Waals surface area contributed by atoms with Crippen molar-refractivity contribution in [2.75, 3.05) is 56.8 Å². The predicted molar refractivity (Wildman–Crippen MR) is 155 cm³/mol. The lowest BCUT2D eigenvalue weighted by molar-refractivity contribution is -0.483. The number of esters is 1. The molecule has 3 N–H and O–H groups in total. The lowest BCUT2D eigenvalue weighted by atomic mass is 9.78. The van der Waals surface area contributed by atoms with E-state index in [0.29, 0.717) is 11.5 Å². The average Bonchev–Trinajstić information content (AvgIpc) is 2.92. The molecule has 8 heteroatoms. The summed E-state index contributed by atoms with van der Waals surface area (Å²) in [6.07, 6.45) is 3.14. The number of hydrogen-bond acceptors (Lipinski definition) is 7. The Bertz CT molecular complexity index is 1310. The van der Waals surface area contributed by atoms with E-state index in [9.17, 15) is 10.2 Å². The van der Waals surface area contributed by atoms with Crippen molar-refractivity contribution in [3.8, 4) is 11.1 Å². The second-order valence-electron chi connectivity index (χ2n) is 10.4. The van der Waals surface area contributed by atoms with E-state index in [-0.39, 0.29) is 18.2 Å². The van der Waals surface area contributed by atoms with E-state index in [4.69, 9.17) is 14.5 Å². The van der Waals surface area contributed by atoms with Gasteiger partial charge in [-0.05, 0) is 55.7 Å². The van der Waals surface area contributed by atoms with Crippen LogP contribution >= 0.6 is 0 Å². The highest BCUT2D eigenvalue weighted by Gasteiger charge is 2.31. The summed E-state index contributed by atoms with van der Waals surface area (Å²) >= 11 is 0. The van der Waals surface area contributed by atoms with Gasteiger partial charge in [-0.1, -0.05) is 18.6 Å². The number of nitrogens with zero attached hydrogens (tertiary/aromatic N) is 3. The van der Waals surface area contributed by atoms with Gasteiger partial charge in [0.25, 0.3) is 0 Å². The summed E-state index contributed by atoms with van der Waals surface area (Å²) in [6, 6.07) is 18.4. The monoisotopic (exact) mass is 528 g/mol. The van der Waals surface area contributed by atoms with Crippen LogP contribution in [0, 0.1) is 11.3 Å². The molecule has 2 aromatic carbocycles. The number of rotatable bonds is 9. The zero-order chi connectivity index (χ0) is 27.4. The molecule has 0 spiro atoms. The van der Waals surface area contributed by atoms with Gasteiger partial charge in [0.15, 0.2) is 5.69 Å². The fraction of sp³-hybridized carbons (Fsp3) is 0.387. The van der Waals surface area contributed by atoms with Gasteiger partial charge in [-0.25, -0.2) is 4.79 Å². The molecule has 0 unspecified atom stereocenters. The van der Waals surface area contributed by atoms with Crippen LogP contribution in [0.25, 0.3) is 11.1 Å². The first-order valence-corrected chi connectivity index (χ1v) is 13.8. The Balaban J connectivity index is 1.60. The molecule has 1 saturated heterocycles. The molecule has 39 heavy (non-hydrogen) atoms. The summed E-state index contributed by atoms with van der Waals surface area (Å²) in [6.45, 7) is 5.26. The highest BCUT2D eigenvalue weighted by atomic mass is 16.5. The molecule has 5 rings (SSSR count). The van der Waals surface area contributed by atoms with Gasteiger partial charge in [0.1, 0.15) is 5.69 Å². The summed E-state index contributed by atoms with van der Waals surface area (Å²) in [4.78, 5) is 22.1. The fourth-order valence-electron chi connectivity index (χ4n) is 5.09. The van der Waals surface area contributed by atoms with E-state index < -0.39 is 5.97 Å². The number of nitrogens with two attached hydrogens (primary N) is 1. The molecule has 1 aliphatic carbocycles. The first kappa shape index (κ1) is 26.8. The van der Waals surface area contributed by atoms with Gasteiger partial charge in [0.2, 0.25) is 5.82 Å². The summed E-state index contributed by atoms with van der Waals surface area (Å²) < 4.78 is 10.9. The maximum Gasteiger partial charge on any atom is 0.357 e. The molecular weight excluding hydrogens is 490 g/mol. The van der Waals surface area contributed by atoms with Gasteiger partial charge in [-0.2, -0.15) is 4.98 Å². The Morgan fingerprint density at radius 1 is 1.10 bits per heavy atom. The van der Waals surface area contributed by atoms with Crippen LogP contribution in [0.15, 0.2) is 54.6 Å². The van der Waals surface area contributed by atoms with Crippen molar-refractivity contribution >= 4 is 34.6 Å². The molecule has 3 aromatic rings. The third-order valence-electron chi connectivity index (χ3n) is 7.58. The Labute approximate surface area is 230 Å². The molecule has 2 fully saturated rings. The lowest BCUT2D eigenvalue weighted by Crippen LogP contribution is -2.72. The molecule has 2 heterocycles. The summed E-state index contributed by atoms with van der Waals surface area (Å²) in [7, 11) is 4.02. The zero-order valence-electron chi connectivity index (χ0n) is 23.1. The number of nitrogens with one attached hydrogen (secondary N) is 1. The van der Waals surface area contributed by atoms with Gasteiger partial charge < -0.3 is 24.7 Å². The van der Waals surface area contributed by atoms with E-state index in [1.807, 2.05) is 31.5 Å². The molecule has 204 valence electrons. The quantitative estimate of drug-likeness (QED) is 0.241. The molecular formula is C31H38N5O3+. The van der Waals surface area contributed by atoms with Crippen molar-refractivity contribution in [2.24, 2.45) is 5.92 Å². The average molecular weight is 529 g/mol. The van der Waals surface area contributed by atoms with E-state index in [0.717, 1.165) is 79.3 Å². The first-order chi connectivity index (χ1) is 18.9. The van der Waals surface area contributed by atoms with Crippen molar-refractivity contribution in [1.82, 2.24) is 4.98 Å². The minimum Gasteiger partial charge on any atom is -0.461 e. The second-order valence-corrected chi connectivity index (χ2v) is 10.4. The second kappa shape index (κ2) is 12.0. The number of benzene rings is 2. The number of morpholine rings is 1. The van der Waals surface area contributed by atoms with Gasteiger partial charge in [0, 0.05) is 62.2 Å². The molecule has 8 nitrogen and oxygen atoms in total. The summed E-state index contributed by atoms with van der Waals surface area (Å²) in [5.74, 6) is 0.375. The van der Waals surface area contributed by atoms with Crippen LogP contribution in [0.5, 0.6) is 0 Å². The highest BCUT2D eigenvalue weighted by Crippen LogP contribution is 2.36. The van der Waals surface area contributed by atoms with Gasteiger partial charge >= 0.3 is 5.97 Å². The number of carbonyl (C=O) groups excluding carboxylic acids is 1. The summed E-state index contributed by atoms with van der Waals surface area (Å²) in [5, 5.41) is 11.2. The third kappa shape index (κ3) is 5.97. The minimum absolute atomic E-state index is 0.204. The van der Waals surface area contributed by atoms with Crippen molar-refractivity contribution < 1.29 is 19.6 Å². The first-order valence-electron chi connectivity index (χ1n) is 13.8. The highest BCUT2D eigenvalue weighted by molar-refractivity contribution is 6.09. The molecule has 1 aliphatic heterocycles. The zero-order valence-corrected chi connectivity index (χ0v) is 23.1. The number of pyridine rings is 1. The standard InChI is InChI=1S/C31H37N5O3/c1-4-39-31(37)27-20-26(21-8-12-25(13-9-21)36-16-18-38-19-17-36)28(29(32)22-6-5-7-22)30(34-27)33-23-10-14-24(15-11-23)35(2)3/h8-15,20,22,32H,4-7,16-19H2,1-3H3,(H,33,34)/p+1. The van der Waals surface area contributed by atoms with E-state index in [1.54, 1.807) is 13.0 Å². The topological polar surface area (TPSA) is 95.4 Å². The number of quaternary nitrogens is 1. The Morgan fingerprint density at radius 3 is 2.38 bits per heavy atom. The molecule has 1 aromatic heterocycles. The van der Waals surface area contributed by atoms with Crippen molar-refractivity contribution in [1.29, 1.82) is 5.41 Å². The fourth-order valence-corrected chi connectivity index (χ4v) is 5.09. The van der Waals surface area contributed by atoms with E-state index in [2.05, 4.69) is 46.2 Å². The third-order valence-corrected chi connectivity index (χ3v) is 7.58. The van der Waals surface area contributed by atoms with Crippen LogP contribution in [0.1, 0.15) is 42.2 Å². The Morgan fingerprint density at radius 2 is 1.79 bits per heavy atom. The largest absolute Gasteiger partial charge is 0.461 e. The van der Waals surface area contributed by atoms with Gasteiger partial charge in [-0.3, -0.25) is 5.32 Å². The Hall–Kier alpha value is -3.75. The molecule has 1 saturated carbocycles. The lowest BCUT2D eigenvalue weighted by Gasteiger charge is -2.29. The molecule has 2 aliphatic rings.